The molecule has 1 unspecified atom stereocenters. The van der Waals surface area contributed by atoms with Crippen LogP contribution in [0.15, 0.2) is 6.07 Å². The maximum atomic E-state index is 5.18. The second-order valence-electron chi connectivity index (χ2n) is 5.02. The molecule has 0 bridgehead atoms. The number of methoxy groups -OCH3 is 1. The summed E-state index contributed by atoms with van der Waals surface area (Å²) >= 11 is 1.86. The minimum Gasteiger partial charge on any atom is -0.377 e. The maximum absolute atomic E-state index is 5.18. The van der Waals surface area contributed by atoms with Crippen molar-refractivity contribution in [1.82, 2.24) is 9.97 Å². The number of ether oxygens (including phenoxy) is 1. The van der Waals surface area contributed by atoms with E-state index in [4.69, 9.17) is 4.74 Å². The van der Waals surface area contributed by atoms with Gasteiger partial charge in [0.05, 0.1) is 0 Å². The van der Waals surface area contributed by atoms with Crippen molar-refractivity contribution in [1.29, 1.82) is 0 Å². The molecule has 1 aromatic heterocycles. The first kappa shape index (κ1) is 18.0. The maximum Gasteiger partial charge on any atom is 0.158 e. The van der Waals surface area contributed by atoms with Gasteiger partial charge in [0.15, 0.2) is 5.82 Å². The molecule has 1 rings (SSSR count). The third kappa shape index (κ3) is 5.71. The van der Waals surface area contributed by atoms with E-state index in [1.54, 1.807) is 7.11 Å². The van der Waals surface area contributed by atoms with E-state index in [9.17, 15) is 0 Å². The molecule has 0 spiro atoms. The zero-order valence-electron chi connectivity index (χ0n) is 13.8. The highest BCUT2D eigenvalue weighted by Gasteiger charge is 2.16. The standard InChI is InChI=1S/C15H28N4OS/c1-6-8-16-13-9-15(18-14(17-13)10-20-4)19(3)12(7-2)11-21-5/h9,12H,6-8,10-11H2,1-5H3,(H,16,17,18). The van der Waals surface area contributed by atoms with Gasteiger partial charge in [-0.15, -0.1) is 0 Å². The van der Waals surface area contributed by atoms with E-state index in [1.807, 2.05) is 17.8 Å². The van der Waals surface area contributed by atoms with Crippen molar-refractivity contribution in [2.75, 3.05) is 42.9 Å². The molecule has 0 amide bonds. The summed E-state index contributed by atoms with van der Waals surface area (Å²) in [5, 5.41) is 3.34. The largest absolute Gasteiger partial charge is 0.377 e. The van der Waals surface area contributed by atoms with Crippen LogP contribution in [0.25, 0.3) is 0 Å². The van der Waals surface area contributed by atoms with Gasteiger partial charge in [-0.05, 0) is 19.1 Å². The quantitative estimate of drug-likeness (QED) is 0.717. The van der Waals surface area contributed by atoms with E-state index in [1.165, 1.54) is 0 Å². The van der Waals surface area contributed by atoms with Crippen molar-refractivity contribution in [3.8, 4) is 0 Å². The van der Waals surface area contributed by atoms with Crippen LogP contribution < -0.4 is 10.2 Å². The lowest BCUT2D eigenvalue weighted by molar-refractivity contribution is 0.178. The Morgan fingerprint density at radius 1 is 1.38 bits per heavy atom. The fourth-order valence-electron chi connectivity index (χ4n) is 2.08. The number of nitrogens with one attached hydrogen (secondary N) is 1. The molecule has 0 radical (unpaired) electrons. The Morgan fingerprint density at radius 2 is 2.14 bits per heavy atom. The van der Waals surface area contributed by atoms with Gasteiger partial charge in [-0.3, -0.25) is 0 Å². The molecule has 0 aromatic carbocycles. The van der Waals surface area contributed by atoms with Crippen LogP contribution >= 0.6 is 11.8 Å². The first-order valence-corrected chi connectivity index (χ1v) is 8.88. The lowest BCUT2D eigenvalue weighted by Gasteiger charge is -2.28. The molecule has 0 saturated heterocycles. The topological polar surface area (TPSA) is 50.3 Å². The summed E-state index contributed by atoms with van der Waals surface area (Å²) in [6.07, 6.45) is 4.30. The van der Waals surface area contributed by atoms with Crippen molar-refractivity contribution < 1.29 is 4.74 Å². The highest BCUT2D eigenvalue weighted by atomic mass is 32.2. The molecule has 1 N–H and O–H groups in total. The highest BCUT2D eigenvalue weighted by Crippen LogP contribution is 2.20. The number of aromatic nitrogens is 2. The summed E-state index contributed by atoms with van der Waals surface area (Å²) in [6, 6.07) is 2.50. The Hall–Kier alpha value is -1.01. The first-order chi connectivity index (χ1) is 10.2. The monoisotopic (exact) mass is 312 g/mol. The van der Waals surface area contributed by atoms with E-state index in [0.717, 1.165) is 42.6 Å². The van der Waals surface area contributed by atoms with Crippen LogP contribution in [0, 0.1) is 0 Å². The van der Waals surface area contributed by atoms with Crippen molar-refractivity contribution in [2.45, 2.75) is 39.3 Å². The van der Waals surface area contributed by atoms with Crippen LogP contribution in [0.3, 0.4) is 0 Å². The Balaban J connectivity index is 2.99. The molecule has 0 aliphatic heterocycles. The first-order valence-electron chi connectivity index (χ1n) is 7.48. The minimum absolute atomic E-state index is 0.432. The van der Waals surface area contributed by atoms with E-state index in [0.29, 0.717) is 12.6 Å². The molecule has 6 heteroatoms. The Morgan fingerprint density at radius 3 is 2.71 bits per heavy atom. The van der Waals surface area contributed by atoms with E-state index in [-0.39, 0.29) is 0 Å². The Kier molecular flexibility index (Phi) is 8.45. The van der Waals surface area contributed by atoms with E-state index in [2.05, 4.69) is 47.3 Å². The summed E-state index contributed by atoms with van der Waals surface area (Å²) < 4.78 is 5.18. The SMILES string of the molecule is CCCNc1cc(N(C)C(CC)CSC)nc(COC)n1. The van der Waals surface area contributed by atoms with Crippen molar-refractivity contribution in [2.24, 2.45) is 0 Å². The third-order valence-corrected chi connectivity index (χ3v) is 4.05. The average Bonchev–Trinajstić information content (AvgIpc) is 2.50. The number of rotatable bonds is 10. The lowest BCUT2D eigenvalue weighted by Crippen LogP contribution is -2.34. The molecule has 120 valence electrons. The molecule has 1 atom stereocenters. The predicted molar refractivity (Wildman–Crippen MR) is 92.4 cm³/mol. The smallest absolute Gasteiger partial charge is 0.158 e. The van der Waals surface area contributed by atoms with Gasteiger partial charge in [0.2, 0.25) is 0 Å². The van der Waals surface area contributed by atoms with Crippen molar-refractivity contribution in [3.63, 3.8) is 0 Å². The predicted octanol–water partition coefficient (Wildman–Crippen LogP) is 3.02. The minimum atomic E-state index is 0.432. The van der Waals surface area contributed by atoms with Crippen LogP contribution in [0.4, 0.5) is 11.6 Å². The van der Waals surface area contributed by atoms with Gasteiger partial charge in [0.25, 0.3) is 0 Å². The van der Waals surface area contributed by atoms with Gasteiger partial charge >= 0.3 is 0 Å². The summed E-state index contributed by atoms with van der Waals surface area (Å²) in [5.41, 5.74) is 0. The summed E-state index contributed by atoms with van der Waals surface area (Å²) in [5.74, 6) is 3.64. The van der Waals surface area contributed by atoms with Gasteiger partial charge in [-0.1, -0.05) is 13.8 Å². The second kappa shape index (κ2) is 9.84. The Bertz CT molecular complexity index is 417. The van der Waals surface area contributed by atoms with Gasteiger partial charge < -0.3 is 15.0 Å². The van der Waals surface area contributed by atoms with Crippen LogP contribution in [0.1, 0.15) is 32.5 Å². The molecule has 1 aromatic rings. The van der Waals surface area contributed by atoms with Gasteiger partial charge in [0, 0.05) is 38.6 Å². The average molecular weight is 312 g/mol. The fraction of sp³-hybridized carbons (Fsp3) is 0.733. The Labute approximate surface area is 132 Å². The van der Waals surface area contributed by atoms with Crippen LogP contribution in [-0.2, 0) is 11.3 Å². The van der Waals surface area contributed by atoms with E-state index >= 15 is 0 Å². The number of nitrogens with zero attached hydrogens (tertiary/aromatic N) is 3. The summed E-state index contributed by atoms with van der Waals surface area (Å²) in [4.78, 5) is 11.4. The number of thioether (sulfide) groups is 1. The number of anilines is 2. The highest BCUT2D eigenvalue weighted by molar-refractivity contribution is 7.98. The molecule has 0 aliphatic rings. The summed E-state index contributed by atoms with van der Waals surface area (Å²) in [7, 11) is 3.77. The fourth-order valence-corrected chi connectivity index (χ4v) is 2.93. The zero-order chi connectivity index (χ0) is 15.7. The van der Waals surface area contributed by atoms with Gasteiger partial charge in [-0.25, -0.2) is 9.97 Å². The van der Waals surface area contributed by atoms with Crippen molar-refractivity contribution >= 4 is 23.4 Å². The van der Waals surface area contributed by atoms with Gasteiger partial charge in [0.1, 0.15) is 18.2 Å². The molecule has 21 heavy (non-hydrogen) atoms. The second-order valence-corrected chi connectivity index (χ2v) is 5.93. The van der Waals surface area contributed by atoms with Crippen LogP contribution in [-0.4, -0.2) is 48.7 Å². The molecule has 1 heterocycles. The molecule has 5 nitrogen and oxygen atoms in total. The normalized spacial score (nSPS) is 12.2. The molecular weight excluding hydrogens is 284 g/mol. The number of hydrogen-bond donors (Lipinski definition) is 1. The molecule has 0 fully saturated rings. The van der Waals surface area contributed by atoms with Gasteiger partial charge in [-0.2, -0.15) is 11.8 Å². The zero-order valence-corrected chi connectivity index (χ0v) is 14.7. The van der Waals surface area contributed by atoms with Crippen molar-refractivity contribution in [3.05, 3.63) is 11.9 Å². The molecule has 0 saturated carbocycles. The summed E-state index contributed by atoms with van der Waals surface area (Å²) in [6.45, 7) is 5.70. The number of hydrogen-bond acceptors (Lipinski definition) is 6. The van der Waals surface area contributed by atoms with Crippen LogP contribution in [0.5, 0.6) is 0 Å². The third-order valence-electron chi connectivity index (χ3n) is 3.33. The van der Waals surface area contributed by atoms with E-state index < -0.39 is 0 Å². The molecule has 0 aliphatic carbocycles. The lowest BCUT2D eigenvalue weighted by atomic mass is 10.2. The molecular formula is C15H28N4OS. The van der Waals surface area contributed by atoms with Crippen LogP contribution in [0.2, 0.25) is 0 Å².